The topological polar surface area (TPSA) is 107 Å². The number of carbonyl (C=O) groups excluding carboxylic acids is 2. The number of rotatable bonds is 8. The summed E-state index contributed by atoms with van der Waals surface area (Å²) in [6.45, 7) is 2.40. The Kier molecular flexibility index (Phi) is 7.12. The molecule has 2 heterocycles. The van der Waals surface area contributed by atoms with Gasteiger partial charge in [-0.3, -0.25) is 14.5 Å². The predicted octanol–water partition coefficient (Wildman–Crippen LogP) is 5.35. The number of aromatic nitrogens is 1. The van der Waals surface area contributed by atoms with Gasteiger partial charge in [0.05, 0.1) is 49.8 Å². The minimum atomic E-state index is -1.02. The lowest BCUT2D eigenvalue weighted by atomic mass is 9.95. The molecule has 9 nitrogen and oxygen atoms in total. The van der Waals surface area contributed by atoms with Gasteiger partial charge in [-0.05, 0) is 42.8 Å². The molecule has 1 aromatic heterocycles. The third-order valence-corrected chi connectivity index (χ3v) is 7.38. The van der Waals surface area contributed by atoms with Gasteiger partial charge >= 0.3 is 5.91 Å². The summed E-state index contributed by atoms with van der Waals surface area (Å²) in [5.74, 6) is -0.236. The molecule has 10 heteroatoms. The highest BCUT2D eigenvalue weighted by atomic mass is 32.1. The number of aliphatic hydroxyl groups excluding tert-OH is 1. The third-order valence-electron chi connectivity index (χ3n) is 6.36. The number of hydrogen-bond acceptors (Lipinski definition) is 9. The van der Waals surface area contributed by atoms with Crippen LogP contribution in [0.3, 0.4) is 0 Å². The molecule has 1 N–H and O–H groups in total. The molecule has 0 radical (unpaired) electrons. The van der Waals surface area contributed by atoms with Gasteiger partial charge in [0.15, 0.2) is 16.6 Å². The summed E-state index contributed by atoms with van der Waals surface area (Å²) in [5, 5.41) is 11.7. The van der Waals surface area contributed by atoms with Crippen molar-refractivity contribution >= 4 is 44.1 Å². The van der Waals surface area contributed by atoms with Crippen LogP contribution in [-0.4, -0.2) is 49.7 Å². The largest absolute Gasteiger partial charge is 0.507 e. The average Bonchev–Trinajstić information content (AvgIpc) is 3.49. The fourth-order valence-electron chi connectivity index (χ4n) is 4.61. The molecule has 200 valence electrons. The number of thiazole rings is 1. The number of ether oxygens (including phenoxy) is 4. The Morgan fingerprint density at radius 1 is 0.974 bits per heavy atom. The van der Waals surface area contributed by atoms with Crippen molar-refractivity contribution in [2.24, 2.45) is 0 Å². The number of Topliss-reactive ketones (excluding diaryl/α,β-unsaturated/α-hetero) is 1. The Morgan fingerprint density at radius 3 is 2.28 bits per heavy atom. The SMILES string of the molecule is CCOc1ccc2nc(N3C(=O)C(=O)C(=C(O)c4ccccc4)[C@@H]3c3cc(OC)c(OC)c(OC)c3)sc2c1. The normalized spacial score (nSPS) is 16.5. The van der Waals surface area contributed by atoms with E-state index >= 15 is 0 Å². The van der Waals surface area contributed by atoms with Crippen molar-refractivity contribution < 1.29 is 33.6 Å². The summed E-state index contributed by atoms with van der Waals surface area (Å²) >= 11 is 1.25. The molecule has 3 aromatic carbocycles. The van der Waals surface area contributed by atoms with Crippen molar-refractivity contribution in [3.05, 3.63) is 77.4 Å². The lowest BCUT2D eigenvalue weighted by Crippen LogP contribution is -2.29. The number of benzene rings is 3. The predicted molar refractivity (Wildman–Crippen MR) is 148 cm³/mol. The van der Waals surface area contributed by atoms with Crippen LogP contribution >= 0.6 is 11.3 Å². The van der Waals surface area contributed by atoms with E-state index in [2.05, 4.69) is 4.98 Å². The van der Waals surface area contributed by atoms with Crippen molar-refractivity contribution in [1.82, 2.24) is 4.98 Å². The molecule has 5 rings (SSSR count). The monoisotopic (exact) mass is 546 g/mol. The average molecular weight is 547 g/mol. The van der Waals surface area contributed by atoms with Crippen LogP contribution in [0.1, 0.15) is 24.1 Å². The van der Waals surface area contributed by atoms with Crippen molar-refractivity contribution in [3.63, 3.8) is 0 Å². The van der Waals surface area contributed by atoms with Gasteiger partial charge in [-0.2, -0.15) is 0 Å². The van der Waals surface area contributed by atoms with Crippen molar-refractivity contribution in [2.75, 3.05) is 32.8 Å². The third kappa shape index (κ3) is 4.52. The molecule has 0 aliphatic carbocycles. The van der Waals surface area contributed by atoms with Crippen LogP contribution in [0.5, 0.6) is 23.0 Å². The van der Waals surface area contributed by atoms with E-state index in [0.717, 1.165) is 4.70 Å². The number of fused-ring (bicyclic) bond motifs is 1. The molecule has 1 saturated heterocycles. The lowest BCUT2D eigenvalue weighted by Gasteiger charge is -2.24. The fraction of sp³-hybridized carbons (Fsp3) is 0.207. The number of nitrogens with zero attached hydrogens (tertiary/aromatic N) is 2. The number of carbonyl (C=O) groups is 2. The summed E-state index contributed by atoms with van der Waals surface area (Å²) in [4.78, 5) is 33.1. The zero-order valence-corrected chi connectivity index (χ0v) is 22.6. The molecule has 1 atom stereocenters. The summed E-state index contributed by atoms with van der Waals surface area (Å²) in [5.41, 5.74) is 1.44. The van der Waals surface area contributed by atoms with Crippen LogP contribution in [0, 0.1) is 0 Å². The van der Waals surface area contributed by atoms with Crippen molar-refractivity contribution in [1.29, 1.82) is 0 Å². The van der Waals surface area contributed by atoms with E-state index in [1.54, 1.807) is 54.6 Å². The van der Waals surface area contributed by atoms with Gasteiger partial charge in [0, 0.05) is 5.56 Å². The van der Waals surface area contributed by atoms with Crippen LogP contribution < -0.4 is 23.8 Å². The van der Waals surface area contributed by atoms with E-state index in [4.69, 9.17) is 18.9 Å². The number of methoxy groups -OCH3 is 3. The molecule has 0 spiro atoms. The summed E-state index contributed by atoms with van der Waals surface area (Å²) < 4.78 is 22.9. The second-order valence-corrected chi connectivity index (χ2v) is 9.56. The van der Waals surface area contributed by atoms with E-state index in [0.29, 0.717) is 51.4 Å². The van der Waals surface area contributed by atoms with Crippen LogP contribution in [-0.2, 0) is 9.59 Å². The lowest BCUT2D eigenvalue weighted by molar-refractivity contribution is -0.132. The molecule has 39 heavy (non-hydrogen) atoms. The summed E-state index contributed by atoms with van der Waals surface area (Å²) in [6.07, 6.45) is 0. The summed E-state index contributed by atoms with van der Waals surface area (Å²) in [7, 11) is 4.44. The van der Waals surface area contributed by atoms with Crippen molar-refractivity contribution in [2.45, 2.75) is 13.0 Å². The number of amides is 1. The number of hydrogen-bond donors (Lipinski definition) is 1. The van der Waals surface area contributed by atoms with Gasteiger partial charge in [-0.15, -0.1) is 0 Å². The van der Waals surface area contributed by atoms with E-state index in [-0.39, 0.29) is 11.3 Å². The van der Waals surface area contributed by atoms with Gasteiger partial charge in [0.2, 0.25) is 5.75 Å². The Morgan fingerprint density at radius 2 is 1.67 bits per heavy atom. The highest BCUT2D eigenvalue weighted by Gasteiger charge is 2.48. The minimum Gasteiger partial charge on any atom is -0.507 e. The molecule has 0 bridgehead atoms. The van der Waals surface area contributed by atoms with Gasteiger partial charge in [0.1, 0.15) is 11.5 Å². The van der Waals surface area contributed by atoms with E-state index in [1.807, 2.05) is 13.0 Å². The molecular weight excluding hydrogens is 520 g/mol. The summed E-state index contributed by atoms with van der Waals surface area (Å²) in [6, 6.07) is 16.3. The number of anilines is 1. The Labute approximate surface area is 228 Å². The van der Waals surface area contributed by atoms with Gasteiger partial charge in [-0.1, -0.05) is 41.7 Å². The first-order valence-electron chi connectivity index (χ1n) is 12.1. The smallest absolute Gasteiger partial charge is 0.301 e. The first-order valence-corrected chi connectivity index (χ1v) is 12.9. The second kappa shape index (κ2) is 10.7. The van der Waals surface area contributed by atoms with E-state index in [1.165, 1.54) is 37.6 Å². The highest BCUT2D eigenvalue weighted by molar-refractivity contribution is 7.22. The minimum absolute atomic E-state index is 0.0743. The molecule has 1 fully saturated rings. The van der Waals surface area contributed by atoms with Crippen LogP contribution in [0.15, 0.2) is 66.2 Å². The van der Waals surface area contributed by atoms with E-state index in [9.17, 15) is 14.7 Å². The van der Waals surface area contributed by atoms with Crippen molar-refractivity contribution in [3.8, 4) is 23.0 Å². The first-order chi connectivity index (χ1) is 18.9. The number of ketones is 1. The first kappa shape index (κ1) is 26.1. The Balaban J connectivity index is 1.75. The van der Waals surface area contributed by atoms with Gasteiger partial charge in [0.25, 0.3) is 5.78 Å². The zero-order chi connectivity index (χ0) is 27.7. The molecular formula is C29H26N2O7S. The van der Waals surface area contributed by atoms with E-state index < -0.39 is 17.7 Å². The number of aliphatic hydroxyl groups is 1. The fourth-order valence-corrected chi connectivity index (χ4v) is 5.63. The highest BCUT2D eigenvalue weighted by Crippen LogP contribution is 2.48. The van der Waals surface area contributed by atoms with Crippen LogP contribution in [0.2, 0.25) is 0 Å². The Hall–Kier alpha value is -4.57. The van der Waals surface area contributed by atoms with Crippen LogP contribution in [0.4, 0.5) is 5.13 Å². The molecule has 1 amide bonds. The maximum atomic E-state index is 13.6. The quantitative estimate of drug-likeness (QED) is 0.179. The maximum absolute atomic E-state index is 13.6. The molecule has 4 aromatic rings. The molecule has 1 aliphatic rings. The molecule has 0 unspecified atom stereocenters. The second-order valence-electron chi connectivity index (χ2n) is 8.55. The molecule has 0 saturated carbocycles. The molecule has 1 aliphatic heterocycles. The van der Waals surface area contributed by atoms with Gasteiger partial charge < -0.3 is 24.1 Å². The van der Waals surface area contributed by atoms with Gasteiger partial charge in [-0.25, -0.2) is 4.98 Å². The van der Waals surface area contributed by atoms with Crippen LogP contribution in [0.25, 0.3) is 16.0 Å². The standard InChI is InChI=1S/C29H26N2O7S/c1-5-38-18-11-12-19-22(15-18)39-29(30-19)31-24(17-13-20(35-2)27(37-4)21(14-17)36-3)23(26(33)28(31)34)25(32)16-9-7-6-8-10-16/h6-15,24,32H,5H2,1-4H3/t24-/m0/s1. The Bertz CT molecular complexity index is 1570. The zero-order valence-electron chi connectivity index (χ0n) is 21.8. The maximum Gasteiger partial charge on any atom is 0.301 e.